The summed E-state index contributed by atoms with van der Waals surface area (Å²) in [6, 6.07) is 5.96. The minimum atomic E-state index is -0.642. The topological polar surface area (TPSA) is 97.0 Å². The largest absolute Gasteiger partial charge is 0.466 e. The maximum Gasteiger partial charge on any atom is 0.338 e. The van der Waals surface area contributed by atoms with Crippen molar-refractivity contribution in [2.75, 3.05) is 32.8 Å². The maximum absolute atomic E-state index is 12.8. The van der Waals surface area contributed by atoms with E-state index in [2.05, 4.69) is 15.5 Å². The normalized spacial score (nSPS) is 20.1. The smallest absolute Gasteiger partial charge is 0.338 e. The Morgan fingerprint density at radius 2 is 1.74 bits per heavy atom. The summed E-state index contributed by atoms with van der Waals surface area (Å²) < 4.78 is 10.4. The van der Waals surface area contributed by atoms with Crippen molar-refractivity contribution in [1.82, 2.24) is 15.5 Å². The average molecular weight is 450 g/mol. The van der Waals surface area contributed by atoms with E-state index in [4.69, 9.17) is 21.1 Å². The molecule has 1 aromatic rings. The second-order valence-corrected chi connectivity index (χ2v) is 7.93. The summed E-state index contributed by atoms with van der Waals surface area (Å²) in [6.07, 6.45) is 1.35. The van der Waals surface area contributed by atoms with Gasteiger partial charge < -0.3 is 20.1 Å². The van der Waals surface area contributed by atoms with E-state index in [1.807, 2.05) is 0 Å². The number of halogens is 1. The third-order valence-corrected chi connectivity index (χ3v) is 5.69. The van der Waals surface area contributed by atoms with Gasteiger partial charge in [-0.25, -0.2) is 9.59 Å². The number of nitrogens with zero attached hydrogens (tertiary/aromatic N) is 1. The molecule has 31 heavy (non-hydrogen) atoms. The van der Waals surface area contributed by atoms with Gasteiger partial charge in [-0.05, 0) is 57.5 Å². The number of hydrogen-bond donors (Lipinski definition) is 2. The highest BCUT2D eigenvalue weighted by Gasteiger charge is 2.35. The summed E-state index contributed by atoms with van der Waals surface area (Å²) in [5.74, 6) is -0.753. The Labute approximate surface area is 186 Å². The van der Waals surface area contributed by atoms with Crippen molar-refractivity contribution in [2.45, 2.75) is 32.7 Å². The fraction of sp³-hybridized carbons (Fsp3) is 0.500. The van der Waals surface area contributed by atoms with E-state index in [9.17, 15) is 14.4 Å². The van der Waals surface area contributed by atoms with Crippen LogP contribution in [0.3, 0.4) is 0 Å². The third kappa shape index (κ3) is 5.77. The number of carbonyl (C=O) groups excluding carboxylic acids is 3. The van der Waals surface area contributed by atoms with Crippen LogP contribution < -0.4 is 10.6 Å². The molecule has 1 fully saturated rings. The number of rotatable bonds is 7. The molecule has 9 heteroatoms. The molecule has 2 aliphatic heterocycles. The molecule has 8 nitrogen and oxygen atoms in total. The molecule has 1 atom stereocenters. The van der Waals surface area contributed by atoms with Crippen LogP contribution in [-0.2, 0) is 19.1 Å². The molecule has 0 bridgehead atoms. The zero-order chi connectivity index (χ0) is 22.4. The molecule has 0 aliphatic carbocycles. The summed E-state index contributed by atoms with van der Waals surface area (Å²) in [5, 5.41) is 6.17. The number of carbonyl (C=O) groups is 3. The number of likely N-dealkylation sites (tertiary alicyclic amines) is 1. The summed E-state index contributed by atoms with van der Waals surface area (Å²) >= 11 is 6.00. The van der Waals surface area contributed by atoms with Crippen molar-refractivity contribution in [3.8, 4) is 0 Å². The maximum atomic E-state index is 12.8. The van der Waals surface area contributed by atoms with Crippen molar-refractivity contribution in [3.63, 3.8) is 0 Å². The van der Waals surface area contributed by atoms with Crippen LogP contribution in [0.2, 0.25) is 5.02 Å². The number of ether oxygens (including phenoxy) is 2. The number of nitrogens with one attached hydrogen (secondary N) is 2. The first-order valence-corrected chi connectivity index (χ1v) is 10.9. The van der Waals surface area contributed by atoms with Crippen LogP contribution in [0, 0.1) is 5.92 Å². The van der Waals surface area contributed by atoms with E-state index < -0.39 is 12.0 Å². The lowest BCUT2D eigenvalue weighted by Gasteiger charge is -2.35. The van der Waals surface area contributed by atoms with Gasteiger partial charge in [-0.3, -0.25) is 9.69 Å². The first-order chi connectivity index (χ1) is 14.9. The molecule has 3 rings (SSSR count). The van der Waals surface area contributed by atoms with Crippen molar-refractivity contribution in [2.24, 2.45) is 5.92 Å². The van der Waals surface area contributed by atoms with Gasteiger partial charge in [0.2, 0.25) is 0 Å². The van der Waals surface area contributed by atoms with Gasteiger partial charge in [-0.15, -0.1) is 0 Å². The number of piperidine rings is 1. The van der Waals surface area contributed by atoms with Gasteiger partial charge >= 0.3 is 18.0 Å². The first kappa shape index (κ1) is 23.1. The quantitative estimate of drug-likeness (QED) is 0.621. The molecule has 2 N–H and O–H groups in total. The molecule has 0 aromatic heterocycles. The van der Waals surface area contributed by atoms with Crippen molar-refractivity contribution in [3.05, 3.63) is 46.1 Å². The van der Waals surface area contributed by atoms with E-state index in [1.165, 1.54) is 0 Å². The second kappa shape index (κ2) is 10.6. The third-order valence-electron chi connectivity index (χ3n) is 5.44. The predicted molar refractivity (Wildman–Crippen MR) is 115 cm³/mol. The molecule has 2 heterocycles. The fourth-order valence-corrected chi connectivity index (χ4v) is 4.03. The number of amides is 2. The molecular weight excluding hydrogens is 422 g/mol. The number of esters is 2. The molecule has 2 aliphatic rings. The van der Waals surface area contributed by atoms with Crippen LogP contribution in [0.4, 0.5) is 4.79 Å². The van der Waals surface area contributed by atoms with Gasteiger partial charge in [0, 0.05) is 17.3 Å². The van der Waals surface area contributed by atoms with E-state index in [-0.39, 0.29) is 24.5 Å². The lowest BCUT2D eigenvalue weighted by molar-refractivity contribution is -0.149. The van der Waals surface area contributed by atoms with E-state index in [0.29, 0.717) is 55.4 Å². The van der Waals surface area contributed by atoms with Crippen LogP contribution >= 0.6 is 11.6 Å². The fourth-order valence-electron chi connectivity index (χ4n) is 3.91. The Balaban J connectivity index is 1.82. The van der Waals surface area contributed by atoms with Gasteiger partial charge in [0.25, 0.3) is 0 Å². The van der Waals surface area contributed by atoms with Crippen LogP contribution in [0.15, 0.2) is 35.5 Å². The van der Waals surface area contributed by atoms with Gasteiger partial charge in [0.15, 0.2) is 0 Å². The average Bonchev–Trinajstić information content (AvgIpc) is 2.74. The Morgan fingerprint density at radius 3 is 2.35 bits per heavy atom. The molecule has 0 unspecified atom stereocenters. The lowest BCUT2D eigenvalue weighted by atomic mass is 9.93. The second-order valence-electron chi connectivity index (χ2n) is 7.50. The highest BCUT2D eigenvalue weighted by atomic mass is 35.5. The summed E-state index contributed by atoms with van der Waals surface area (Å²) in [7, 11) is 0. The van der Waals surface area contributed by atoms with E-state index in [0.717, 1.165) is 5.56 Å². The summed E-state index contributed by atoms with van der Waals surface area (Å²) in [4.78, 5) is 39.3. The minimum Gasteiger partial charge on any atom is -0.466 e. The molecule has 0 spiro atoms. The Kier molecular flexibility index (Phi) is 7.92. The Bertz CT molecular complexity index is 847. The van der Waals surface area contributed by atoms with Crippen molar-refractivity contribution < 1.29 is 23.9 Å². The van der Waals surface area contributed by atoms with Gasteiger partial charge in [0.1, 0.15) is 0 Å². The zero-order valence-corrected chi connectivity index (χ0v) is 18.5. The lowest BCUT2D eigenvalue weighted by Crippen LogP contribution is -2.49. The van der Waals surface area contributed by atoms with E-state index >= 15 is 0 Å². The summed E-state index contributed by atoms with van der Waals surface area (Å²) in [6.45, 7) is 5.84. The molecule has 1 aromatic carbocycles. The van der Waals surface area contributed by atoms with Crippen LogP contribution in [0.5, 0.6) is 0 Å². The monoisotopic (exact) mass is 449 g/mol. The number of hydrogen-bond acceptors (Lipinski definition) is 6. The molecule has 1 saturated heterocycles. The van der Waals surface area contributed by atoms with Crippen LogP contribution in [-0.4, -0.2) is 55.7 Å². The predicted octanol–water partition coefficient (Wildman–Crippen LogP) is 2.79. The van der Waals surface area contributed by atoms with Crippen molar-refractivity contribution in [1.29, 1.82) is 0 Å². The van der Waals surface area contributed by atoms with Crippen molar-refractivity contribution >= 4 is 29.6 Å². The van der Waals surface area contributed by atoms with Gasteiger partial charge in [0.05, 0.1) is 30.7 Å². The standard InChI is InChI=1S/C22H28ClN3O5/c1-3-30-20(27)15-9-11-26(12-10-15)13-17-18(21(28)31-4-2)19(25-22(29)24-17)14-5-7-16(23)8-6-14/h5-8,15,19H,3-4,9-13H2,1-2H3,(H2,24,25,29)/t19-/m0/s1. The van der Waals surface area contributed by atoms with Crippen LogP contribution in [0.1, 0.15) is 38.3 Å². The number of urea groups is 1. The molecule has 168 valence electrons. The summed E-state index contributed by atoms with van der Waals surface area (Å²) in [5.41, 5.74) is 1.62. The first-order valence-electron chi connectivity index (χ1n) is 10.5. The highest BCUT2D eigenvalue weighted by Crippen LogP contribution is 2.30. The SMILES string of the molecule is CCOC(=O)C1=C(CN2CCC(C(=O)OCC)CC2)NC(=O)N[C@H]1c1ccc(Cl)cc1. The van der Waals surface area contributed by atoms with E-state index in [1.54, 1.807) is 38.1 Å². The zero-order valence-electron chi connectivity index (χ0n) is 17.8. The van der Waals surface area contributed by atoms with Gasteiger partial charge in [-0.2, -0.15) is 0 Å². The molecule has 0 saturated carbocycles. The van der Waals surface area contributed by atoms with Crippen LogP contribution in [0.25, 0.3) is 0 Å². The van der Waals surface area contributed by atoms with Gasteiger partial charge in [-0.1, -0.05) is 23.7 Å². The Morgan fingerprint density at radius 1 is 1.10 bits per heavy atom. The minimum absolute atomic E-state index is 0.112. The highest BCUT2D eigenvalue weighted by molar-refractivity contribution is 6.30. The number of benzene rings is 1. The Hall–Kier alpha value is -2.58. The molecular formula is C22H28ClN3O5. The molecule has 0 radical (unpaired) electrons. The molecule has 2 amide bonds.